The van der Waals surface area contributed by atoms with E-state index in [-0.39, 0.29) is 6.15 Å². The fourth-order valence-electron chi connectivity index (χ4n) is 0.780. The third-order valence-corrected chi connectivity index (χ3v) is 1.35. The summed E-state index contributed by atoms with van der Waals surface area (Å²) in [5.41, 5.74) is 0. The van der Waals surface area contributed by atoms with E-state index in [9.17, 15) is 0 Å². The molecule has 5 heteroatoms. The van der Waals surface area contributed by atoms with Gasteiger partial charge in [-0.1, -0.05) is 39.0 Å². The third kappa shape index (κ3) is 42.6. The van der Waals surface area contributed by atoms with E-state index in [2.05, 4.69) is 13.8 Å². The Morgan fingerprint density at radius 2 is 1.38 bits per heavy atom. The Balaban J connectivity index is -0.000000173. The van der Waals surface area contributed by atoms with Gasteiger partial charge < -0.3 is 13.1 Å². The Morgan fingerprint density at radius 3 is 1.69 bits per heavy atom. The van der Waals surface area contributed by atoms with E-state index in [1.54, 1.807) is 0 Å². The van der Waals surface area contributed by atoms with Crippen molar-refractivity contribution in [2.75, 3.05) is 0 Å². The first-order chi connectivity index (χ1) is 5.65. The minimum atomic E-state index is -1.62. The molecule has 0 atom stereocenters. The summed E-state index contributed by atoms with van der Waals surface area (Å²) in [5, 5.41) is 0. The van der Waals surface area contributed by atoms with Crippen LogP contribution in [0.3, 0.4) is 0 Å². The van der Waals surface area contributed by atoms with Gasteiger partial charge in [0.15, 0.2) is 0 Å². The van der Waals surface area contributed by atoms with Crippen molar-refractivity contribution in [2.24, 2.45) is 0 Å². The van der Waals surface area contributed by atoms with Crippen LogP contribution < -0.4 is 0 Å². The molecule has 0 aliphatic rings. The Labute approximate surface area is 99.7 Å². The summed E-state index contributed by atoms with van der Waals surface area (Å²) < 4.78 is 0. The smallest absolute Gasteiger partial charge is 0.693 e. The SMILES string of the molecule is [CH2-]CCCCCCC.[Cl][Cr]([Cl])[Cl].[NH2-]. The van der Waals surface area contributed by atoms with Crippen molar-refractivity contribution >= 4 is 30.1 Å². The molecule has 0 radical (unpaired) electrons. The van der Waals surface area contributed by atoms with Crippen LogP contribution in [0.5, 0.6) is 0 Å². The molecule has 1 nitrogen and oxygen atoms in total. The molecular weight excluding hydrogens is 268 g/mol. The average molecular weight is 288 g/mol. The summed E-state index contributed by atoms with van der Waals surface area (Å²) in [5.74, 6) is 0. The van der Waals surface area contributed by atoms with Gasteiger partial charge in [-0.25, -0.2) is 0 Å². The fraction of sp³-hybridized carbons (Fsp3) is 0.875. The van der Waals surface area contributed by atoms with Crippen LogP contribution in [0.25, 0.3) is 6.15 Å². The second-order valence-electron chi connectivity index (χ2n) is 2.44. The van der Waals surface area contributed by atoms with Crippen molar-refractivity contribution in [3.05, 3.63) is 13.1 Å². The summed E-state index contributed by atoms with van der Waals surface area (Å²) in [6.45, 7) is 6.02. The summed E-state index contributed by atoms with van der Waals surface area (Å²) in [6.07, 6.45) is 7.98. The van der Waals surface area contributed by atoms with Crippen LogP contribution in [-0.4, -0.2) is 0 Å². The molecule has 0 bridgehead atoms. The largest absolute Gasteiger partial charge is 0.693 e. The fourth-order valence-corrected chi connectivity index (χ4v) is 0.780. The minimum Gasteiger partial charge on any atom is -0.693 e. The summed E-state index contributed by atoms with van der Waals surface area (Å²) >= 11 is -1.62. The molecule has 0 saturated carbocycles. The number of hydrogen-bond donors (Lipinski definition) is 0. The number of rotatable bonds is 5. The van der Waals surface area contributed by atoms with Gasteiger partial charge in [-0.3, -0.25) is 0 Å². The van der Waals surface area contributed by atoms with Crippen LogP contribution in [0.1, 0.15) is 45.4 Å². The second-order valence-corrected chi connectivity index (χ2v) is 8.76. The Kier molecular flexibility index (Phi) is 29.1. The van der Waals surface area contributed by atoms with E-state index in [4.69, 9.17) is 30.1 Å². The molecule has 0 unspecified atom stereocenters. The number of unbranched alkanes of at least 4 members (excludes halogenated alkanes) is 5. The first-order valence-corrected chi connectivity index (χ1v) is 9.43. The molecule has 0 amide bonds. The summed E-state index contributed by atoms with van der Waals surface area (Å²) in [6, 6.07) is 0. The van der Waals surface area contributed by atoms with Gasteiger partial charge in [-0.05, 0) is 0 Å². The molecule has 2 N–H and O–H groups in total. The maximum Gasteiger partial charge on any atom is -0.693 e. The molecule has 0 aliphatic carbocycles. The van der Waals surface area contributed by atoms with Crippen molar-refractivity contribution < 1.29 is 11.4 Å². The average Bonchev–Trinajstić information content (AvgIpc) is 1.97. The van der Waals surface area contributed by atoms with Crippen molar-refractivity contribution in [2.45, 2.75) is 45.4 Å². The second kappa shape index (κ2) is 19.0. The Hall–Kier alpha value is 1.36. The van der Waals surface area contributed by atoms with Crippen molar-refractivity contribution in [3.63, 3.8) is 0 Å². The van der Waals surface area contributed by atoms with E-state index >= 15 is 0 Å². The third-order valence-electron chi connectivity index (χ3n) is 1.35. The van der Waals surface area contributed by atoms with Crippen LogP contribution in [0, 0.1) is 6.92 Å². The molecule has 85 valence electrons. The Bertz CT molecular complexity index is 65.7. The molecule has 0 aliphatic heterocycles. The van der Waals surface area contributed by atoms with Gasteiger partial charge in [-0.2, -0.15) is 6.42 Å². The van der Waals surface area contributed by atoms with Crippen LogP contribution >= 0.6 is 30.1 Å². The molecule has 0 saturated heterocycles. The molecule has 0 heterocycles. The van der Waals surface area contributed by atoms with Crippen molar-refractivity contribution in [1.82, 2.24) is 0 Å². The van der Waals surface area contributed by atoms with Crippen LogP contribution in [-0.2, 0) is 11.4 Å². The quantitative estimate of drug-likeness (QED) is 0.441. The van der Waals surface area contributed by atoms with Gasteiger partial charge in [0.2, 0.25) is 0 Å². The predicted molar refractivity (Wildman–Crippen MR) is 61.6 cm³/mol. The monoisotopic (exact) mass is 286 g/mol. The molecular formula is C8H19Cl3CrN-2. The predicted octanol–water partition coefficient (Wildman–Crippen LogP) is 5.96. The summed E-state index contributed by atoms with van der Waals surface area (Å²) in [7, 11) is 14.8. The van der Waals surface area contributed by atoms with Crippen molar-refractivity contribution in [1.29, 1.82) is 0 Å². The first kappa shape index (κ1) is 19.9. The van der Waals surface area contributed by atoms with E-state index in [0.717, 1.165) is 6.42 Å². The van der Waals surface area contributed by atoms with Crippen molar-refractivity contribution in [3.8, 4) is 0 Å². The van der Waals surface area contributed by atoms with E-state index in [1.807, 2.05) is 0 Å². The zero-order valence-electron chi connectivity index (χ0n) is 8.07. The molecule has 0 aromatic heterocycles. The zero-order valence-corrected chi connectivity index (χ0v) is 11.6. The molecule has 0 spiro atoms. The molecule has 0 aromatic carbocycles. The number of hydrogen-bond acceptors (Lipinski definition) is 0. The maximum atomic E-state index is 4.93. The van der Waals surface area contributed by atoms with Gasteiger partial charge >= 0.3 is 41.5 Å². The maximum absolute atomic E-state index is 4.93. The van der Waals surface area contributed by atoms with Gasteiger partial charge in [0.05, 0.1) is 0 Å². The van der Waals surface area contributed by atoms with Gasteiger partial charge in [0.1, 0.15) is 0 Å². The normalized spacial score (nSPS) is 8.77. The standard InChI is InChI=1S/C8H17.3ClH.Cr.H2N/c1-3-5-7-8-6-4-2;;;;;/h1,3-8H2,2H3;3*1H;;1H2/q-1;;;;+3;-1/p-3. The van der Waals surface area contributed by atoms with E-state index < -0.39 is 11.4 Å². The molecule has 0 fully saturated rings. The van der Waals surface area contributed by atoms with Crippen LogP contribution in [0.4, 0.5) is 0 Å². The van der Waals surface area contributed by atoms with Gasteiger partial charge in [0.25, 0.3) is 0 Å². The summed E-state index contributed by atoms with van der Waals surface area (Å²) in [4.78, 5) is 0. The van der Waals surface area contributed by atoms with E-state index in [0.29, 0.717) is 0 Å². The van der Waals surface area contributed by atoms with Crippen LogP contribution in [0.2, 0.25) is 0 Å². The van der Waals surface area contributed by atoms with E-state index in [1.165, 1.54) is 32.1 Å². The van der Waals surface area contributed by atoms with Gasteiger partial charge in [0, 0.05) is 0 Å². The molecule has 13 heavy (non-hydrogen) atoms. The van der Waals surface area contributed by atoms with Gasteiger partial charge in [-0.15, -0.1) is 0 Å². The molecule has 0 aromatic rings. The first-order valence-electron chi connectivity index (χ1n) is 4.17. The minimum absolute atomic E-state index is 0. The number of nitrogens with two attached hydrogens (primary N) is 1. The zero-order chi connectivity index (χ0) is 9.82. The topological polar surface area (TPSA) is 33.5 Å². The molecule has 0 rings (SSSR count). The number of halogens is 3. The van der Waals surface area contributed by atoms with Crippen LogP contribution in [0.15, 0.2) is 0 Å². The Morgan fingerprint density at radius 1 is 1.00 bits per heavy atom.